The van der Waals surface area contributed by atoms with Crippen molar-refractivity contribution in [1.29, 1.82) is 0 Å². The van der Waals surface area contributed by atoms with Gasteiger partial charge in [0.15, 0.2) is 12.4 Å². The molecule has 0 bridgehead atoms. The SMILES string of the molecule is O=C(COc1cccnc1[N+](=O)[O-])c1ccc(F)cc1. The smallest absolute Gasteiger partial charge is 0.406 e. The van der Waals surface area contributed by atoms with Crippen molar-refractivity contribution in [2.45, 2.75) is 0 Å². The molecule has 102 valence electrons. The van der Waals surface area contributed by atoms with Gasteiger partial charge in [0.1, 0.15) is 12.0 Å². The summed E-state index contributed by atoms with van der Waals surface area (Å²) in [5.41, 5.74) is 0.262. The number of rotatable bonds is 5. The number of carbonyl (C=O) groups is 1. The van der Waals surface area contributed by atoms with Crippen LogP contribution >= 0.6 is 0 Å². The zero-order chi connectivity index (χ0) is 14.5. The number of hydrogen-bond donors (Lipinski definition) is 0. The van der Waals surface area contributed by atoms with Crippen LogP contribution in [0.25, 0.3) is 0 Å². The second-order valence-corrected chi connectivity index (χ2v) is 3.80. The standard InChI is InChI=1S/C13H9FN2O4/c14-10-5-3-9(4-6-10)11(17)8-20-12-2-1-7-15-13(12)16(18)19/h1-7H,8H2. The highest BCUT2D eigenvalue weighted by atomic mass is 19.1. The number of carbonyl (C=O) groups excluding carboxylic acids is 1. The lowest BCUT2D eigenvalue weighted by atomic mass is 10.1. The molecule has 0 aliphatic heterocycles. The summed E-state index contributed by atoms with van der Waals surface area (Å²) in [5, 5.41) is 10.7. The zero-order valence-corrected chi connectivity index (χ0v) is 10.2. The molecule has 0 aliphatic rings. The summed E-state index contributed by atoms with van der Waals surface area (Å²) in [4.78, 5) is 25.3. The van der Waals surface area contributed by atoms with Crippen molar-refractivity contribution in [2.75, 3.05) is 6.61 Å². The molecular formula is C13H9FN2O4. The number of hydrogen-bond acceptors (Lipinski definition) is 5. The van der Waals surface area contributed by atoms with Crippen molar-refractivity contribution in [3.05, 3.63) is 64.1 Å². The van der Waals surface area contributed by atoms with Crippen LogP contribution in [0.2, 0.25) is 0 Å². The molecule has 0 saturated heterocycles. The minimum absolute atomic E-state index is 0.0899. The molecular weight excluding hydrogens is 267 g/mol. The summed E-state index contributed by atoms with van der Waals surface area (Å²) in [5.74, 6) is -1.42. The van der Waals surface area contributed by atoms with Gasteiger partial charge in [0.05, 0.1) is 0 Å². The Labute approximate surface area is 113 Å². The first-order chi connectivity index (χ1) is 9.58. The van der Waals surface area contributed by atoms with Crippen LogP contribution in [0.15, 0.2) is 42.6 Å². The van der Waals surface area contributed by atoms with Crippen LogP contribution in [0.3, 0.4) is 0 Å². The first-order valence-electron chi connectivity index (χ1n) is 5.59. The average molecular weight is 276 g/mol. The van der Waals surface area contributed by atoms with E-state index in [2.05, 4.69) is 4.98 Å². The van der Waals surface area contributed by atoms with Crippen LogP contribution in [0.5, 0.6) is 5.75 Å². The summed E-state index contributed by atoms with van der Waals surface area (Å²) in [6.07, 6.45) is 1.26. The second-order valence-electron chi connectivity index (χ2n) is 3.80. The topological polar surface area (TPSA) is 82.3 Å². The van der Waals surface area contributed by atoms with Crippen molar-refractivity contribution in [1.82, 2.24) is 4.98 Å². The molecule has 0 spiro atoms. The average Bonchev–Trinajstić information content (AvgIpc) is 2.45. The van der Waals surface area contributed by atoms with E-state index in [0.29, 0.717) is 0 Å². The molecule has 6 nitrogen and oxygen atoms in total. The maximum absolute atomic E-state index is 12.7. The quantitative estimate of drug-likeness (QED) is 0.475. The molecule has 1 aromatic carbocycles. The van der Waals surface area contributed by atoms with E-state index in [1.165, 1.54) is 30.5 Å². The van der Waals surface area contributed by atoms with Gasteiger partial charge in [0.2, 0.25) is 5.75 Å². The highest BCUT2D eigenvalue weighted by Gasteiger charge is 2.17. The van der Waals surface area contributed by atoms with Gasteiger partial charge in [-0.05, 0) is 46.3 Å². The van der Waals surface area contributed by atoms with Crippen LogP contribution in [0, 0.1) is 15.9 Å². The molecule has 2 aromatic rings. The molecule has 2 rings (SSSR count). The molecule has 20 heavy (non-hydrogen) atoms. The number of halogens is 1. The fourth-order valence-electron chi connectivity index (χ4n) is 1.49. The van der Waals surface area contributed by atoms with Crippen molar-refractivity contribution >= 4 is 11.6 Å². The Morgan fingerprint density at radius 3 is 2.65 bits per heavy atom. The Morgan fingerprint density at radius 2 is 2.00 bits per heavy atom. The van der Waals surface area contributed by atoms with E-state index in [1.54, 1.807) is 0 Å². The zero-order valence-electron chi connectivity index (χ0n) is 10.2. The predicted molar refractivity (Wildman–Crippen MR) is 67.1 cm³/mol. The summed E-state index contributed by atoms with van der Waals surface area (Å²) >= 11 is 0. The van der Waals surface area contributed by atoms with Crippen LogP contribution in [0.4, 0.5) is 10.2 Å². The molecule has 0 fully saturated rings. The molecule has 0 atom stereocenters. The van der Waals surface area contributed by atoms with E-state index < -0.39 is 28.9 Å². The number of benzene rings is 1. The van der Waals surface area contributed by atoms with Crippen molar-refractivity contribution < 1.29 is 18.8 Å². The Kier molecular flexibility index (Phi) is 3.99. The van der Waals surface area contributed by atoms with Crippen LogP contribution in [0.1, 0.15) is 10.4 Å². The van der Waals surface area contributed by atoms with E-state index in [1.807, 2.05) is 0 Å². The van der Waals surface area contributed by atoms with Gasteiger partial charge < -0.3 is 14.9 Å². The Balaban J connectivity index is 2.07. The third-order valence-electron chi connectivity index (χ3n) is 2.45. The van der Waals surface area contributed by atoms with Crippen molar-refractivity contribution in [2.24, 2.45) is 0 Å². The molecule has 1 heterocycles. The number of aromatic nitrogens is 1. The van der Waals surface area contributed by atoms with E-state index >= 15 is 0 Å². The lowest BCUT2D eigenvalue weighted by molar-refractivity contribution is -0.390. The highest BCUT2D eigenvalue weighted by molar-refractivity contribution is 5.97. The summed E-state index contributed by atoms with van der Waals surface area (Å²) in [6, 6.07) is 7.75. The molecule has 0 N–H and O–H groups in total. The second kappa shape index (κ2) is 5.87. The van der Waals surface area contributed by atoms with Crippen LogP contribution < -0.4 is 4.74 Å². The maximum atomic E-state index is 12.7. The minimum atomic E-state index is -0.697. The van der Waals surface area contributed by atoms with Crippen LogP contribution in [-0.2, 0) is 0 Å². The number of pyridine rings is 1. The molecule has 7 heteroatoms. The predicted octanol–water partition coefficient (Wildman–Crippen LogP) is 2.39. The molecule has 0 radical (unpaired) electrons. The van der Waals surface area contributed by atoms with Crippen LogP contribution in [-0.4, -0.2) is 22.3 Å². The number of ketones is 1. The summed E-state index contributed by atoms with van der Waals surface area (Å²) < 4.78 is 17.8. The van der Waals surface area contributed by atoms with Gasteiger partial charge in [-0.3, -0.25) is 4.79 Å². The summed E-state index contributed by atoms with van der Waals surface area (Å²) in [6.45, 7) is -0.391. The fourth-order valence-corrected chi connectivity index (χ4v) is 1.49. The van der Waals surface area contributed by atoms with Gasteiger partial charge in [-0.2, -0.15) is 0 Å². The van der Waals surface area contributed by atoms with Gasteiger partial charge >= 0.3 is 5.82 Å². The first-order valence-corrected chi connectivity index (χ1v) is 5.59. The number of nitro groups is 1. The lowest BCUT2D eigenvalue weighted by Gasteiger charge is -2.05. The Morgan fingerprint density at radius 1 is 1.30 bits per heavy atom. The lowest BCUT2D eigenvalue weighted by Crippen LogP contribution is -2.12. The van der Waals surface area contributed by atoms with Gasteiger partial charge in [0, 0.05) is 5.56 Å². The van der Waals surface area contributed by atoms with Gasteiger partial charge in [-0.1, -0.05) is 0 Å². The molecule has 0 aliphatic carbocycles. The van der Waals surface area contributed by atoms with E-state index in [4.69, 9.17) is 4.74 Å². The number of ether oxygens (including phenoxy) is 1. The Bertz CT molecular complexity index is 643. The fraction of sp³-hybridized carbons (Fsp3) is 0.0769. The molecule has 1 aromatic heterocycles. The number of nitrogens with zero attached hydrogens (tertiary/aromatic N) is 2. The van der Waals surface area contributed by atoms with Crippen molar-refractivity contribution in [3.63, 3.8) is 0 Å². The minimum Gasteiger partial charge on any atom is -0.477 e. The largest absolute Gasteiger partial charge is 0.477 e. The third kappa shape index (κ3) is 3.14. The molecule has 0 unspecified atom stereocenters. The van der Waals surface area contributed by atoms with E-state index in [0.717, 1.165) is 12.1 Å². The first kappa shape index (κ1) is 13.6. The highest BCUT2D eigenvalue weighted by Crippen LogP contribution is 2.22. The maximum Gasteiger partial charge on any atom is 0.406 e. The molecule has 0 amide bonds. The summed E-state index contributed by atoms with van der Waals surface area (Å²) in [7, 11) is 0. The third-order valence-corrected chi connectivity index (χ3v) is 2.45. The van der Waals surface area contributed by atoms with E-state index in [9.17, 15) is 19.3 Å². The van der Waals surface area contributed by atoms with E-state index in [-0.39, 0.29) is 11.3 Å². The monoisotopic (exact) mass is 276 g/mol. The van der Waals surface area contributed by atoms with Gasteiger partial charge in [-0.25, -0.2) is 4.39 Å². The van der Waals surface area contributed by atoms with Crippen molar-refractivity contribution in [3.8, 4) is 5.75 Å². The normalized spacial score (nSPS) is 10.1. The number of Topliss-reactive ketones (excluding diaryl/α,β-unsaturated/α-hetero) is 1. The molecule has 0 saturated carbocycles. The van der Waals surface area contributed by atoms with Gasteiger partial charge in [-0.15, -0.1) is 0 Å². The Hall–Kier alpha value is -2.83. The van der Waals surface area contributed by atoms with Gasteiger partial charge in [0.25, 0.3) is 0 Å².